The van der Waals surface area contributed by atoms with Crippen LogP contribution in [0.15, 0.2) is 67.1 Å². The Morgan fingerprint density at radius 2 is 1.69 bits per heavy atom. The molecule has 0 atom stereocenters. The van der Waals surface area contributed by atoms with Crippen LogP contribution in [0.5, 0.6) is 0 Å². The summed E-state index contributed by atoms with van der Waals surface area (Å²) in [5.41, 5.74) is 4.45. The van der Waals surface area contributed by atoms with E-state index in [1.165, 1.54) is 5.56 Å². The maximum absolute atomic E-state index is 9.89. The summed E-state index contributed by atoms with van der Waals surface area (Å²) in [5.74, 6) is 1.29. The van der Waals surface area contributed by atoms with Gasteiger partial charge < -0.3 is 4.90 Å². The Hall–Kier alpha value is -3.72. The van der Waals surface area contributed by atoms with Crippen molar-refractivity contribution in [2.45, 2.75) is 18.8 Å². The summed E-state index contributed by atoms with van der Waals surface area (Å²) in [5, 5.41) is 18.5. The van der Waals surface area contributed by atoms with E-state index in [1.54, 1.807) is 12.4 Å². The molecule has 29 heavy (non-hydrogen) atoms. The molecule has 0 bridgehead atoms. The smallest absolute Gasteiger partial charge is 0.181 e. The van der Waals surface area contributed by atoms with E-state index in [-0.39, 0.29) is 0 Å². The van der Waals surface area contributed by atoms with Crippen molar-refractivity contribution in [3.63, 3.8) is 0 Å². The molecule has 0 aliphatic carbocycles. The van der Waals surface area contributed by atoms with Crippen molar-refractivity contribution in [3.05, 3.63) is 78.2 Å². The molecular weight excluding hydrogens is 360 g/mol. The summed E-state index contributed by atoms with van der Waals surface area (Å²) in [6.07, 6.45) is 7.58. The number of aromatic nitrogens is 4. The number of fused-ring (bicyclic) bond motifs is 1. The minimum Gasteiger partial charge on any atom is -0.370 e. The molecule has 6 heteroatoms. The Labute approximate surface area is 169 Å². The van der Waals surface area contributed by atoms with E-state index in [0.717, 1.165) is 37.2 Å². The fourth-order valence-corrected chi connectivity index (χ4v) is 4.19. The molecule has 5 rings (SSSR count). The highest BCUT2D eigenvalue weighted by molar-refractivity contribution is 5.73. The Balaban J connectivity index is 1.45. The third-order valence-corrected chi connectivity index (χ3v) is 5.71. The molecule has 0 saturated carbocycles. The van der Waals surface area contributed by atoms with Gasteiger partial charge in [-0.05, 0) is 42.5 Å². The number of nitrogens with zero attached hydrogens (tertiary/aromatic N) is 6. The van der Waals surface area contributed by atoms with Gasteiger partial charge in [-0.2, -0.15) is 5.26 Å². The van der Waals surface area contributed by atoms with Gasteiger partial charge in [0.05, 0.1) is 5.69 Å². The molecule has 4 heterocycles. The fraction of sp³-hybridized carbons (Fsp3) is 0.217. The van der Waals surface area contributed by atoms with Crippen LogP contribution in [0, 0.1) is 11.3 Å². The van der Waals surface area contributed by atoms with Crippen LogP contribution in [-0.4, -0.2) is 32.7 Å². The van der Waals surface area contributed by atoms with Crippen molar-refractivity contribution in [1.82, 2.24) is 19.6 Å². The van der Waals surface area contributed by atoms with Gasteiger partial charge in [0.25, 0.3) is 0 Å². The predicted molar refractivity (Wildman–Crippen MR) is 112 cm³/mol. The first kappa shape index (κ1) is 17.4. The molecule has 3 aromatic heterocycles. The Morgan fingerprint density at radius 3 is 2.41 bits per heavy atom. The molecule has 1 aromatic carbocycles. The van der Waals surface area contributed by atoms with Crippen molar-refractivity contribution >= 4 is 11.3 Å². The standard InChI is InChI=1S/C23H20N6/c24-16-20-21(28-13-8-18(9-14-28)17-4-2-1-3-5-17)10-15-29-22(26-27-23(20)29)19-6-11-25-12-7-19/h1-7,10-12,15,18H,8-9,13-14H2. The summed E-state index contributed by atoms with van der Waals surface area (Å²) >= 11 is 0. The summed E-state index contributed by atoms with van der Waals surface area (Å²) < 4.78 is 1.88. The number of anilines is 1. The lowest BCUT2D eigenvalue weighted by Gasteiger charge is -2.34. The maximum atomic E-state index is 9.89. The molecule has 6 nitrogen and oxygen atoms in total. The van der Waals surface area contributed by atoms with Gasteiger partial charge in [0, 0.05) is 37.2 Å². The van der Waals surface area contributed by atoms with Crippen LogP contribution in [0.25, 0.3) is 17.0 Å². The minimum atomic E-state index is 0.577. The highest BCUT2D eigenvalue weighted by atomic mass is 15.3. The molecule has 0 unspecified atom stereocenters. The number of benzene rings is 1. The highest BCUT2D eigenvalue weighted by Gasteiger charge is 2.24. The van der Waals surface area contributed by atoms with E-state index in [0.29, 0.717) is 23.0 Å². The summed E-state index contributed by atoms with van der Waals surface area (Å²) in [6.45, 7) is 1.85. The average molecular weight is 380 g/mol. The topological polar surface area (TPSA) is 70.1 Å². The largest absolute Gasteiger partial charge is 0.370 e. The Kier molecular flexibility index (Phi) is 4.41. The number of pyridine rings is 2. The van der Waals surface area contributed by atoms with Crippen LogP contribution in [0.1, 0.15) is 29.9 Å². The first-order chi connectivity index (χ1) is 14.3. The van der Waals surface area contributed by atoms with E-state index in [9.17, 15) is 5.26 Å². The first-order valence-electron chi connectivity index (χ1n) is 9.83. The zero-order valence-electron chi connectivity index (χ0n) is 15.9. The second-order valence-electron chi connectivity index (χ2n) is 7.31. The van der Waals surface area contributed by atoms with Gasteiger partial charge in [0.2, 0.25) is 0 Å². The Morgan fingerprint density at radius 1 is 0.931 bits per heavy atom. The van der Waals surface area contributed by atoms with Crippen LogP contribution < -0.4 is 4.90 Å². The van der Waals surface area contributed by atoms with Crippen LogP contribution in [0.3, 0.4) is 0 Å². The summed E-state index contributed by atoms with van der Waals surface area (Å²) in [6, 6.07) is 18.9. The molecule has 0 amide bonds. The van der Waals surface area contributed by atoms with Crippen LogP contribution >= 0.6 is 0 Å². The van der Waals surface area contributed by atoms with Gasteiger partial charge in [-0.1, -0.05) is 30.3 Å². The maximum Gasteiger partial charge on any atom is 0.181 e. The van der Waals surface area contributed by atoms with Gasteiger partial charge in [-0.15, -0.1) is 10.2 Å². The predicted octanol–water partition coefficient (Wildman–Crippen LogP) is 4.05. The van der Waals surface area contributed by atoms with Crippen molar-refractivity contribution in [3.8, 4) is 17.5 Å². The van der Waals surface area contributed by atoms with E-state index < -0.39 is 0 Å². The molecule has 1 aliphatic heterocycles. The number of rotatable bonds is 3. The minimum absolute atomic E-state index is 0.577. The van der Waals surface area contributed by atoms with Crippen molar-refractivity contribution in [1.29, 1.82) is 5.26 Å². The SMILES string of the molecule is N#Cc1c(N2CCC(c3ccccc3)CC2)ccn2c(-c3ccncc3)nnc12. The molecular formula is C23H20N6. The fourth-order valence-electron chi connectivity index (χ4n) is 4.19. The zero-order chi connectivity index (χ0) is 19.6. The molecule has 142 valence electrons. The van der Waals surface area contributed by atoms with E-state index in [2.05, 4.69) is 56.5 Å². The lowest BCUT2D eigenvalue weighted by molar-refractivity contribution is 0.505. The monoisotopic (exact) mass is 380 g/mol. The molecule has 0 spiro atoms. The van der Waals surface area contributed by atoms with Crippen LogP contribution in [0.4, 0.5) is 5.69 Å². The number of nitriles is 1. The third-order valence-electron chi connectivity index (χ3n) is 5.71. The first-order valence-corrected chi connectivity index (χ1v) is 9.83. The van der Waals surface area contributed by atoms with Crippen molar-refractivity contribution in [2.24, 2.45) is 0 Å². The molecule has 1 aliphatic rings. The summed E-state index contributed by atoms with van der Waals surface area (Å²) in [4.78, 5) is 6.36. The highest BCUT2D eigenvalue weighted by Crippen LogP contribution is 2.33. The van der Waals surface area contributed by atoms with Gasteiger partial charge in [0.1, 0.15) is 11.6 Å². The van der Waals surface area contributed by atoms with E-state index >= 15 is 0 Å². The van der Waals surface area contributed by atoms with Gasteiger partial charge in [0.15, 0.2) is 11.5 Å². The molecule has 0 radical (unpaired) electrons. The number of hydrogen-bond acceptors (Lipinski definition) is 5. The molecule has 4 aromatic rings. The number of hydrogen-bond donors (Lipinski definition) is 0. The number of piperidine rings is 1. The molecule has 0 N–H and O–H groups in total. The lowest BCUT2D eigenvalue weighted by Crippen LogP contribution is -2.33. The van der Waals surface area contributed by atoms with Crippen LogP contribution in [-0.2, 0) is 0 Å². The molecule has 1 saturated heterocycles. The van der Waals surface area contributed by atoms with E-state index in [1.807, 2.05) is 28.8 Å². The molecule has 1 fully saturated rings. The second-order valence-corrected chi connectivity index (χ2v) is 7.31. The Bertz CT molecular complexity index is 1170. The van der Waals surface area contributed by atoms with E-state index in [4.69, 9.17) is 0 Å². The normalized spacial score (nSPS) is 14.8. The van der Waals surface area contributed by atoms with Crippen molar-refractivity contribution in [2.75, 3.05) is 18.0 Å². The average Bonchev–Trinajstić information content (AvgIpc) is 3.24. The lowest BCUT2D eigenvalue weighted by atomic mass is 9.89. The quantitative estimate of drug-likeness (QED) is 0.536. The van der Waals surface area contributed by atoms with Gasteiger partial charge in [-0.25, -0.2) is 0 Å². The third kappa shape index (κ3) is 3.11. The zero-order valence-corrected chi connectivity index (χ0v) is 15.9. The van der Waals surface area contributed by atoms with Gasteiger partial charge >= 0.3 is 0 Å². The second kappa shape index (κ2) is 7.36. The summed E-state index contributed by atoms with van der Waals surface area (Å²) in [7, 11) is 0. The van der Waals surface area contributed by atoms with Crippen molar-refractivity contribution < 1.29 is 0 Å². The van der Waals surface area contributed by atoms with Gasteiger partial charge in [-0.3, -0.25) is 9.38 Å². The van der Waals surface area contributed by atoms with Crippen LogP contribution in [0.2, 0.25) is 0 Å².